The Morgan fingerprint density at radius 1 is 1.06 bits per heavy atom. The molecule has 0 radical (unpaired) electrons. The van der Waals surface area contributed by atoms with Gasteiger partial charge in [0.25, 0.3) is 0 Å². The first-order valence-corrected chi connectivity index (χ1v) is 13.7. The van der Waals surface area contributed by atoms with Crippen molar-refractivity contribution in [1.29, 1.82) is 0 Å². The maximum Gasteiger partial charge on any atom is 0.334 e. The average molecular weight is 459 g/mol. The molecule has 1 atom stereocenters. The van der Waals surface area contributed by atoms with Crippen molar-refractivity contribution < 1.29 is 18.8 Å². The lowest BCUT2D eigenvalue weighted by Crippen LogP contribution is -2.50. The molecule has 0 aromatic heterocycles. The van der Waals surface area contributed by atoms with Crippen LogP contribution >= 0.6 is 6.42 Å². The molecule has 2 aromatic rings. The standard InChI is InChI=1S/C23H27N2O4PS/c1-2-24-19-15-20-21(28-14-13-27-20)16-22(19)30(31,29-18-11-7-4-8-12-18)25(23(24)26)17-9-5-3-6-10-17/h3,5-6,9-10,15-16,18H,2,4,7-8,11-14H2,1H3/t30-/m0/s1. The Morgan fingerprint density at radius 3 is 2.42 bits per heavy atom. The Balaban J connectivity index is 1.70. The summed E-state index contributed by atoms with van der Waals surface area (Å²) in [6.07, 6.45) is 2.59. The summed E-state index contributed by atoms with van der Waals surface area (Å²) in [5, 5.41) is 0.864. The van der Waals surface area contributed by atoms with Crippen LogP contribution < -0.4 is 24.3 Å². The van der Waals surface area contributed by atoms with Crippen LogP contribution in [0.4, 0.5) is 16.2 Å². The van der Waals surface area contributed by atoms with Gasteiger partial charge in [0.15, 0.2) is 17.9 Å². The molecule has 0 unspecified atom stereocenters. The van der Waals surface area contributed by atoms with E-state index in [-0.39, 0.29) is 12.1 Å². The molecule has 31 heavy (non-hydrogen) atoms. The Hall–Kier alpha value is -2.08. The topological polar surface area (TPSA) is 51.2 Å². The Morgan fingerprint density at radius 2 is 1.74 bits per heavy atom. The zero-order valence-electron chi connectivity index (χ0n) is 17.7. The van der Waals surface area contributed by atoms with Gasteiger partial charge in [-0.05, 0) is 49.8 Å². The maximum absolute atomic E-state index is 13.8. The average Bonchev–Trinajstić information content (AvgIpc) is 2.80. The van der Waals surface area contributed by atoms with Crippen LogP contribution in [0.2, 0.25) is 0 Å². The molecule has 2 heterocycles. The predicted octanol–water partition coefficient (Wildman–Crippen LogP) is 5.21. The van der Waals surface area contributed by atoms with E-state index >= 15 is 0 Å². The van der Waals surface area contributed by atoms with Crippen LogP contribution in [0, 0.1) is 0 Å². The fourth-order valence-corrected chi connectivity index (χ4v) is 8.42. The molecular weight excluding hydrogens is 431 g/mol. The minimum Gasteiger partial charge on any atom is -0.486 e. The van der Waals surface area contributed by atoms with Crippen LogP contribution in [0.1, 0.15) is 39.0 Å². The lowest BCUT2D eigenvalue weighted by Gasteiger charge is -2.45. The molecule has 8 heteroatoms. The fourth-order valence-electron chi connectivity index (χ4n) is 4.56. The Kier molecular flexibility index (Phi) is 5.67. The van der Waals surface area contributed by atoms with Crippen LogP contribution in [0.15, 0.2) is 42.5 Å². The molecule has 0 saturated heterocycles. The van der Waals surface area contributed by atoms with Gasteiger partial charge < -0.3 is 14.0 Å². The molecule has 2 amide bonds. The number of hydrogen-bond donors (Lipinski definition) is 0. The summed E-state index contributed by atoms with van der Waals surface area (Å²) in [6, 6.07) is 13.4. The van der Waals surface area contributed by atoms with Crippen molar-refractivity contribution in [2.24, 2.45) is 0 Å². The van der Waals surface area contributed by atoms with Crippen molar-refractivity contribution in [3.8, 4) is 11.5 Å². The van der Waals surface area contributed by atoms with Gasteiger partial charge in [0, 0.05) is 12.6 Å². The van der Waals surface area contributed by atoms with Gasteiger partial charge in [-0.1, -0.05) is 37.5 Å². The first kappa shape index (κ1) is 20.8. The van der Waals surface area contributed by atoms with E-state index in [2.05, 4.69) is 0 Å². The van der Waals surface area contributed by atoms with Gasteiger partial charge in [0.1, 0.15) is 13.2 Å². The highest BCUT2D eigenvalue weighted by Gasteiger charge is 2.46. The van der Waals surface area contributed by atoms with Crippen LogP contribution in [-0.2, 0) is 16.3 Å². The molecule has 1 aliphatic carbocycles. The van der Waals surface area contributed by atoms with Crippen LogP contribution in [0.25, 0.3) is 0 Å². The second kappa shape index (κ2) is 8.45. The number of carbonyl (C=O) groups excluding carboxylic acids is 1. The van der Waals surface area contributed by atoms with Crippen molar-refractivity contribution in [2.75, 3.05) is 29.3 Å². The third-order valence-corrected chi connectivity index (χ3v) is 9.89. The second-order valence-electron chi connectivity index (χ2n) is 8.04. The van der Waals surface area contributed by atoms with E-state index < -0.39 is 6.42 Å². The maximum atomic E-state index is 13.8. The number of amides is 2. The van der Waals surface area contributed by atoms with Gasteiger partial charge in [0.2, 0.25) is 0 Å². The van der Waals surface area contributed by atoms with Crippen molar-refractivity contribution in [3.05, 3.63) is 42.5 Å². The summed E-state index contributed by atoms with van der Waals surface area (Å²) >= 11 is 6.35. The molecule has 2 aromatic carbocycles. The summed E-state index contributed by atoms with van der Waals surface area (Å²) in [6.45, 7) is 3.48. The van der Waals surface area contributed by atoms with Crippen molar-refractivity contribution in [3.63, 3.8) is 0 Å². The molecule has 6 nitrogen and oxygen atoms in total. The molecule has 2 aliphatic heterocycles. The van der Waals surface area contributed by atoms with Gasteiger partial charge in [-0.2, -0.15) is 0 Å². The van der Waals surface area contributed by atoms with Crippen LogP contribution in [0.5, 0.6) is 11.5 Å². The quantitative estimate of drug-likeness (QED) is 0.589. The molecule has 1 saturated carbocycles. The number of nitrogens with zero attached hydrogens (tertiary/aromatic N) is 2. The van der Waals surface area contributed by atoms with Gasteiger partial charge in [0.05, 0.1) is 22.8 Å². The number of ether oxygens (including phenoxy) is 2. The summed E-state index contributed by atoms with van der Waals surface area (Å²) in [7, 11) is 0. The molecule has 0 bridgehead atoms. The molecule has 5 rings (SSSR count). The summed E-state index contributed by atoms with van der Waals surface area (Å²) in [5.74, 6) is 1.33. The van der Waals surface area contributed by atoms with E-state index in [4.69, 9.17) is 25.8 Å². The van der Waals surface area contributed by atoms with E-state index in [1.807, 2.05) is 49.4 Å². The summed E-state index contributed by atoms with van der Waals surface area (Å²) in [4.78, 5) is 15.6. The highest BCUT2D eigenvalue weighted by Crippen LogP contribution is 2.60. The Labute approximate surface area is 188 Å². The van der Waals surface area contributed by atoms with Gasteiger partial charge >= 0.3 is 6.03 Å². The lowest BCUT2D eigenvalue weighted by atomic mass is 9.98. The van der Waals surface area contributed by atoms with Gasteiger partial charge in [-0.15, -0.1) is 0 Å². The van der Waals surface area contributed by atoms with Crippen molar-refractivity contribution in [2.45, 2.75) is 45.1 Å². The number of rotatable bonds is 4. The molecule has 0 spiro atoms. The first-order valence-electron chi connectivity index (χ1n) is 11.0. The number of carbonyl (C=O) groups is 1. The highest BCUT2D eigenvalue weighted by molar-refractivity contribution is 8.17. The lowest BCUT2D eigenvalue weighted by molar-refractivity contribution is 0.170. The number of hydrogen-bond acceptors (Lipinski definition) is 5. The first-order chi connectivity index (χ1) is 15.1. The van der Waals surface area contributed by atoms with Gasteiger partial charge in [-0.3, -0.25) is 4.90 Å². The SMILES string of the molecule is CCN1C(=O)N(c2ccccc2)[P@](=S)(OC2CCCCC2)c2cc3c(cc21)OCCO3. The van der Waals surface area contributed by atoms with Crippen LogP contribution in [-0.4, -0.2) is 31.9 Å². The number of fused-ring (bicyclic) bond motifs is 2. The summed E-state index contributed by atoms with van der Waals surface area (Å²) in [5.41, 5.74) is 1.55. The molecule has 164 valence electrons. The minimum atomic E-state index is -2.92. The number of urea groups is 1. The third-order valence-electron chi connectivity index (χ3n) is 6.07. The molecule has 1 fully saturated rings. The zero-order valence-corrected chi connectivity index (χ0v) is 19.4. The highest BCUT2D eigenvalue weighted by atomic mass is 32.4. The molecular formula is C23H27N2O4PS. The largest absolute Gasteiger partial charge is 0.486 e. The van der Waals surface area contributed by atoms with Crippen molar-refractivity contribution >= 4 is 40.9 Å². The summed E-state index contributed by atoms with van der Waals surface area (Å²) < 4.78 is 20.2. The fraction of sp³-hybridized carbons (Fsp3) is 0.435. The predicted molar refractivity (Wildman–Crippen MR) is 127 cm³/mol. The van der Waals surface area contributed by atoms with Crippen molar-refractivity contribution in [1.82, 2.24) is 0 Å². The zero-order chi connectivity index (χ0) is 21.4. The van der Waals surface area contributed by atoms with E-state index in [1.54, 1.807) is 9.57 Å². The van der Waals surface area contributed by atoms with E-state index in [0.717, 1.165) is 42.4 Å². The minimum absolute atomic E-state index is 0.0628. The van der Waals surface area contributed by atoms with E-state index in [0.29, 0.717) is 31.3 Å². The van der Waals surface area contributed by atoms with E-state index in [9.17, 15) is 4.79 Å². The second-order valence-corrected chi connectivity index (χ2v) is 11.7. The molecule has 3 aliphatic rings. The third kappa shape index (κ3) is 3.63. The Bertz CT molecular complexity index is 1030. The monoisotopic (exact) mass is 458 g/mol. The van der Waals surface area contributed by atoms with Gasteiger partial charge in [-0.25, -0.2) is 9.46 Å². The van der Waals surface area contributed by atoms with Crippen LogP contribution in [0.3, 0.4) is 0 Å². The number of benzene rings is 2. The smallest absolute Gasteiger partial charge is 0.334 e. The number of para-hydroxylation sites is 1. The number of anilines is 2. The molecule has 0 N–H and O–H groups in total. The normalized spacial score (nSPS) is 23.6. The van der Waals surface area contributed by atoms with E-state index in [1.165, 1.54) is 6.42 Å².